The summed E-state index contributed by atoms with van der Waals surface area (Å²) >= 11 is 2.49. The van der Waals surface area contributed by atoms with Gasteiger partial charge in [0.05, 0.1) is 0 Å². The molecule has 0 unspecified atom stereocenters. The summed E-state index contributed by atoms with van der Waals surface area (Å²) in [6, 6.07) is 77.8. The molecule has 8 aromatic carbocycles. The fourth-order valence-corrected chi connectivity index (χ4v) is 10.8. The summed E-state index contributed by atoms with van der Waals surface area (Å²) in [6.45, 7) is 6.66. The number of aromatic nitrogens is 3. The first-order chi connectivity index (χ1) is 32.3. The van der Waals surface area contributed by atoms with E-state index >= 15 is 0 Å². The van der Waals surface area contributed by atoms with E-state index in [2.05, 4.69) is 241 Å². The summed E-state index contributed by atoms with van der Waals surface area (Å²) in [7, 11) is 0. The van der Waals surface area contributed by atoms with Gasteiger partial charge < -0.3 is 0 Å². The number of ether oxygens (including phenoxy) is 1. The van der Waals surface area contributed by atoms with Crippen molar-refractivity contribution >= 4 is 46.4 Å². The average Bonchev–Trinajstić information content (AvgIpc) is 3.86. The van der Waals surface area contributed by atoms with Crippen molar-refractivity contribution in [2.45, 2.75) is 26.2 Å². The number of benzene rings is 8. The zero-order chi connectivity index (χ0) is 44.5. The molecule has 8 heteroatoms. The van der Waals surface area contributed by atoms with E-state index in [1.54, 1.807) is 0 Å². The van der Waals surface area contributed by atoms with E-state index in [1.165, 1.54) is 27.7 Å². The first kappa shape index (κ1) is 40.1. The molecule has 2 aliphatic heterocycles. The van der Waals surface area contributed by atoms with Crippen molar-refractivity contribution in [3.05, 3.63) is 222 Å². The fraction of sp³-hybridized carbons (Fsp3) is 0.0690. The van der Waals surface area contributed by atoms with Gasteiger partial charge in [-0.25, -0.2) is 0 Å². The molecule has 0 fully saturated rings. The van der Waals surface area contributed by atoms with Crippen LogP contribution in [0.3, 0.4) is 0 Å². The van der Waals surface area contributed by atoms with Gasteiger partial charge in [0, 0.05) is 11.3 Å². The van der Waals surface area contributed by atoms with E-state index in [4.69, 9.17) is 9.72 Å². The predicted molar refractivity (Wildman–Crippen MR) is 265 cm³/mol. The van der Waals surface area contributed by atoms with Crippen LogP contribution in [-0.4, -0.2) is 21.1 Å². The maximum atomic E-state index is 6.69. The van der Waals surface area contributed by atoms with E-state index in [9.17, 15) is 0 Å². The SMILES string of the molecule is CC(C)(C)c1cccc(-c2cccc(-c3ccccc3)c2-n2[c](=[Pt])n(-c3[c-]c(Oc4cccc(N5B6c7ccccc7-c7ccccc7N6c6ccc[c-]c65)n4)ccc3)c3ccccc32)c1. The number of hydrogen-bond donors (Lipinski definition) is 0. The van der Waals surface area contributed by atoms with Crippen LogP contribution in [0.15, 0.2) is 200 Å². The molecule has 10 aromatic rings. The minimum atomic E-state index is -0.159. The predicted octanol–water partition coefficient (Wildman–Crippen LogP) is 13.6. The third-order valence-electron chi connectivity index (χ3n) is 12.7. The van der Waals surface area contributed by atoms with Crippen molar-refractivity contribution in [3.63, 3.8) is 0 Å². The quantitative estimate of drug-likeness (QED) is 0.118. The molecule has 2 aromatic heterocycles. The molecule has 66 heavy (non-hydrogen) atoms. The molecule has 6 nitrogen and oxygen atoms in total. The molecule has 0 aliphatic carbocycles. The van der Waals surface area contributed by atoms with Crippen molar-refractivity contribution in [2.24, 2.45) is 0 Å². The molecule has 2 aliphatic rings. The van der Waals surface area contributed by atoms with E-state index in [0.29, 0.717) is 11.6 Å². The van der Waals surface area contributed by atoms with Gasteiger partial charge in [-0.2, -0.15) is 12.1 Å². The molecule has 320 valence electrons. The topological polar surface area (TPSA) is 38.5 Å². The molecule has 0 bridgehead atoms. The molecular weight excluding hydrogens is 989 g/mol. The molecule has 0 saturated carbocycles. The zero-order valence-corrected chi connectivity index (χ0v) is 38.9. The first-order valence-electron chi connectivity index (χ1n) is 22.2. The number of hydrogen-bond acceptors (Lipinski definition) is 4. The second-order valence-corrected chi connectivity index (χ2v) is 18.8. The van der Waals surface area contributed by atoms with Crippen molar-refractivity contribution < 1.29 is 24.1 Å². The number of imidazole rings is 1. The normalized spacial score (nSPS) is 12.8. The van der Waals surface area contributed by atoms with Crippen LogP contribution in [0, 0.1) is 15.9 Å². The van der Waals surface area contributed by atoms with Gasteiger partial charge >= 0.3 is 315 Å². The third kappa shape index (κ3) is 6.60. The fourth-order valence-electron chi connectivity index (χ4n) is 9.74. The number of para-hydroxylation sites is 5. The van der Waals surface area contributed by atoms with Crippen molar-refractivity contribution in [3.8, 4) is 56.4 Å². The first-order valence-corrected chi connectivity index (χ1v) is 23.4. The summed E-state index contributed by atoms with van der Waals surface area (Å²) in [4.78, 5) is 9.90. The van der Waals surface area contributed by atoms with Gasteiger partial charge in [0.15, 0.2) is 0 Å². The molecular formula is C58H42BN5OPt-2. The Morgan fingerprint density at radius 3 is 2.05 bits per heavy atom. The molecule has 4 heterocycles. The Kier molecular flexibility index (Phi) is 9.66. The van der Waals surface area contributed by atoms with E-state index in [-0.39, 0.29) is 12.4 Å². The Morgan fingerprint density at radius 2 is 1.21 bits per heavy atom. The van der Waals surface area contributed by atoms with Crippen LogP contribution < -0.4 is 19.8 Å². The molecule has 0 atom stereocenters. The third-order valence-corrected chi connectivity index (χ3v) is 13.8. The van der Waals surface area contributed by atoms with Crippen LogP contribution in [0.5, 0.6) is 11.6 Å². The Hall–Kier alpha value is -7.47. The zero-order valence-electron chi connectivity index (χ0n) is 36.6. The van der Waals surface area contributed by atoms with Crippen LogP contribution in [0.1, 0.15) is 26.3 Å². The van der Waals surface area contributed by atoms with Gasteiger partial charge in [-0.3, -0.25) is 0 Å². The van der Waals surface area contributed by atoms with Crippen LogP contribution >= 0.6 is 0 Å². The summed E-state index contributed by atoms with van der Waals surface area (Å²) in [6.07, 6.45) is 0. The number of anilines is 4. The van der Waals surface area contributed by atoms with E-state index in [1.807, 2.05) is 30.3 Å². The summed E-state index contributed by atoms with van der Waals surface area (Å²) in [5, 5.41) is 0. The Balaban J connectivity index is 0.957. The summed E-state index contributed by atoms with van der Waals surface area (Å²) < 4.78 is 12.4. The van der Waals surface area contributed by atoms with E-state index < -0.39 is 0 Å². The molecule has 12 rings (SSSR count). The van der Waals surface area contributed by atoms with Crippen LogP contribution in [-0.2, 0) is 24.8 Å². The Labute approximate surface area is 396 Å². The number of rotatable bonds is 7. The van der Waals surface area contributed by atoms with Crippen LogP contribution in [0.4, 0.5) is 22.9 Å². The van der Waals surface area contributed by atoms with Gasteiger partial charge in [-0.1, -0.05) is 42.5 Å². The molecule has 0 spiro atoms. The van der Waals surface area contributed by atoms with Crippen molar-refractivity contribution in [1.82, 2.24) is 14.1 Å². The Bertz CT molecular complexity index is 3570. The monoisotopic (exact) mass is 1030 g/mol. The summed E-state index contributed by atoms with van der Waals surface area (Å²) in [5.74, 6) is 1.80. The van der Waals surface area contributed by atoms with Gasteiger partial charge in [-0.05, 0) is 11.6 Å². The summed E-state index contributed by atoms with van der Waals surface area (Å²) in [5.41, 5.74) is 16.9. The second kappa shape index (κ2) is 15.9. The van der Waals surface area contributed by atoms with Crippen LogP contribution in [0.25, 0.3) is 55.8 Å². The molecule has 0 saturated heterocycles. The standard InChI is InChI=1S/C58H42BN5O.Pt/c1-58(2,3)42-22-15-21-41(37-42)46-28-17-27-45(40-19-5-4-6-20-40)57(46)62-39-61(51-31-11-12-32-52(51)62)43-23-16-24-44(38-43)65-56-36-18-35-55(60-56)64-54-34-14-13-33-53(54)63-50-30-10-8-26-48(50)47-25-7-9-29-49(47)59(63)64;/h4-33,35-37H,1-3H3;/q-2;. The molecule has 0 N–H and O–H groups in total. The van der Waals surface area contributed by atoms with Gasteiger partial charge in [-0.15, -0.1) is 6.07 Å². The van der Waals surface area contributed by atoms with Crippen molar-refractivity contribution in [1.29, 1.82) is 0 Å². The van der Waals surface area contributed by atoms with Gasteiger partial charge in [0.1, 0.15) is 0 Å². The minimum absolute atomic E-state index is 0.00135. The van der Waals surface area contributed by atoms with E-state index in [0.717, 1.165) is 65.8 Å². The van der Waals surface area contributed by atoms with Gasteiger partial charge in [0.25, 0.3) is 0 Å². The number of pyridine rings is 1. The average molecular weight is 1030 g/mol. The number of fused-ring (bicyclic) bond motifs is 9. The van der Waals surface area contributed by atoms with Gasteiger partial charge in [0.2, 0.25) is 0 Å². The molecule has 0 amide bonds. The second-order valence-electron chi connectivity index (χ2n) is 17.8. The molecule has 0 radical (unpaired) electrons. The van der Waals surface area contributed by atoms with Crippen molar-refractivity contribution in [2.75, 3.05) is 9.62 Å². The maximum absolute atomic E-state index is 6.69. The Morgan fingerprint density at radius 1 is 0.561 bits per heavy atom. The number of nitrogens with zero attached hydrogens (tertiary/aromatic N) is 5. The van der Waals surface area contributed by atoms with Crippen LogP contribution in [0.2, 0.25) is 0 Å².